The number of halogens is 1. The summed E-state index contributed by atoms with van der Waals surface area (Å²) >= 11 is 5.88. The fourth-order valence-electron chi connectivity index (χ4n) is 2.46. The van der Waals surface area contributed by atoms with Crippen LogP contribution in [0.3, 0.4) is 0 Å². The summed E-state index contributed by atoms with van der Waals surface area (Å²) in [5.74, 6) is 0.405. The van der Waals surface area contributed by atoms with Crippen molar-refractivity contribution in [2.75, 3.05) is 38.2 Å². The molecule has 1 atom stereocenters. The van der Waals surface area contributed by atoms with Gasteiger partial charge < -0.3 is 20.1 Å². The van der Waals surface area contributed by atoms with Gasteiger partial charge in [-0.15, -0.1) is 0 Å². The first-order valence-corrected chi connectivity index (χ1v) is 7.85. The molecule has 0 bridgehead atoms. The molecule has 1 aromatic rings. The Morgan fingerprint density at radius 2 is 2.36 bits per heavy atom. The fourth-order valence-corrected chi connectivity index (χ4v) is 2.64. The second kappa shape index (κ2) is 7.21. The molecular formula is C14H19ClN4O3. The van der Waals surface area contributed by atoms with E-state index in [1.54, 1.807) is 6.07 Å². The standard InChI is InChI=1S/C14H19ClN4O3/c15-14-18-11(4-12(19-14)17-10-7-21-8-10)13(20)22-6-9-2-1-3-16-5-9/h4,9-10,16H,1-3,5-8H2,(H,17,18,19). The van der Waals surface area contributed by atoms with Gasteiger partial charge in [0.2, 0.25) is 5.28 Å². The average Bonchev–Trinajstić information content (AvgIpc) is 2.49. The minimum absolute atomic E-state index is 0.0246. The number of nitrogens with zero attached hydrogens (tertiary/aromatic N) is 2. The van der Waals surface area contributed by atoms with Crippen LogP contribution in [-0.4, -0.2) is 54.9 Å². The van der Waals surface area contributed by atoms with E-state index >= 15 is 0 Å². The van der Waals surface area contributed by atoms with E-state index in [1.165, 1.54) is 0 Å². The van der Waals surface area contributed by atoms with Crippen LogP contribution in [0.15, 0.2) is 6.07 Å². The smallest absolute Gasteiger partial charge is 0.357 e. The fraction of sp³-hybridized carbons (Fsp3) is 0.643. The zero-order valence-corrected chi connectivity index (χ0v) is 12.9. The maximum absolute atomic E-state index is 12.1. The molecule has 2 saturated heterocycles. The molecule has 0 saturated carbocycles. The van der Waals surface area contributed by atoms with Crippen molar-refractivity contribution in [2.24, 2.45) is 5.92 Å². The van der Waals surface area contributed by atoms with Crippen LogP contribution in [0.2, 0.25) is 5.28 Å². The molecule has 0 aliphatic carbocycles. The highest BCUT2D eigenvalue weighted by Crippen LogP contribution is 2.16. The number of carbonyl (C=O) groups is 1. The lowest BCUT2D eigenvalue weighted by molar-refractivity contribution is 0.0209. The molecule has 3 heterocycles. The number of rotatable bonds is 5. The summed E-state index contributed by atoms with van der Waals surface area (Å²) in [5, 5.41) is 6.46. The monoisotopic (exact) mass is 326 g/mol. The summed E-state index contributed by atoms with van der Waals surface area (Å²) in [6, 6.07) is 1.76. The molecule has 7 nitrogen and oxygen atoms in total. The maximum Gasteiger partial charge on any atom is 0.357 e. The molecule has 1 aromatic heterocycles. The number of ether oxygens (including phenoxy) is 2. The minimum atomic E-state index is -0.470. The Morgan fingerprint density at radius 3 is 3.05 bits per heavy atom. The van der Waals surface area contributed by atoms with E-state index in [0.29, 0.717) is 31.6 Å². The summed E-state index contributed by atoms with van der Waals surface area (Å²) in [5.41, 5.74) is 0.173. The van der Waals surface area contributed by atoms with Gasteiger partial charge in [0, 0.05) is 18.5 Å². The summed E-state index contributed by atoms with van der Waals surface area (Å²) in [7, 11) is 0. The normalized spacial score (nSPS) is 22.0. The van der Waals surface area contributed by atoms with E-state index in [-0.39, 0.29) is 17.0 Å². The summed E-state index contributed by atoms with van der Waals surface area (Å²) in [6.45, 7) is 3.55. The highest BCUT2D eigenvalue weighted by atomic mass is 35.5. The van der Waals surface area contributed by atoms with Gasteiger partial charge in [-0.1, -0.05) is 0 Å². The van der Waals surface area contributed by atoms with Gasteiger partial charge in [0.1, 0.15) is 5.82 Å². The Bertz CT molecular complexity index is 533. The zero-order chi connectivity index (χ0) is 15.4. The Kier molecular flexibility index (Phi) is 5.07. The van der Waals surface area contributed by atoms with Crippen molar-refractivity contribution < 1.29 is 14.3 Å². The highest BCUT2D eigenvalue weighted by molar-refractivity contribution is 6.28. The van der Waals surface area contributed by atoms with Crippen LogP contribution in [0, 0.1) is 5.92 Å². The SMILES string of the molecule is O=C(OCC1CCCNC1)c1cc(NC2COC2)nc(Cl)n1. The number of carbonyl (C=O) groups excluding carboxylic acids is 1. The van der Waals surface area contributed by atoms with Gasteiger partial charge >= 0.3 is 5.97 Å². The molecule has 8 heteroatoms. The Morgan fingerprint density at radius 1 is 1.50 bits per heavy atom. The number of anilines is 1. The summed E-state index contributed by atoms with van der Waals surface area (Å²) in [6.07, 6.45) is 2.18. The van der Waals surface area contributed by atoms with Crippen LogP contribution < -0.4 is 10.6 Å². The van der Waals surface area contributed by atoms with Gasteiger partial charge in [0.05, 0.1) is 25.9 Å². The van der Waals surface area contributed by atoms with Gasteiger partial charge in [0.15, 0.2) is 5.69 Å². The predicted molar refractivity (Wildman–Crippen MR) is 81.1 cm³/mol. The lowest BCUT2D eigenvalue weighted by Crippen LogP contribution is -2.40. The molecule has 0 radical (unpaired) electrons. The second-order valence-corrected chi connectivity index (χ2v) is 5.94. The van der Waals surface area contributed by atoms with Crippen molar-refractivity contribution in [3.05, 3.63) is 17.0 Å². The molecule has 2 aliphatic heterocycles. The van der Waals surface area contributed by atoms with Crippen molar-refractivity contribution in [3.8, 4) is 0 Å². The third-order valence-corrected chi connectivity index (χ3v) is 3.92. The average molecular weight is 327 g/mol. The maximum atomic E-state index is 12.1. The lowest BCUT2D eigenvalue weighted by atomic mass is 10.0. The predicted octanol–water partition coefficient (Wildman–Crippen LogP) is 1.10. The lowest BCUT2D eigenvalue weighted by Gasteiger charge is -2.27. The largest absolute Gasteiger partial charge is 0.461 e. The number of nitrogens with one attached hydrogen (secondary N) is 2. The quantitative estimate of drug-likeness (QED) is 0.619. The van der Waals surface area contributed by atoms with Gasteiger partial charge in [-0.2, -0.15) is 0 Å². The van der Waals surface area contributed by atoms with Gasteiger partial charge in [0.25, 0.3) is 0 Å². The van der Waals surface area contributed by atoms with Crippen LogP contribution >= 0.6 is 11.6 Å². The summed E-state index contributed by atoms with van der Waals surface area (Å²) in [4.78, 5) is 20.1. The Balaban J connectivity index is 1.58. The minimum Gasteiger partial charge on any atom is -0.461 e. The third-order valence-electron chi connectivity index (χ3n) is 3.75. The number of aromatic nitrogens is 2. The van der Waals surface area contributed by atoms with E-state index in [2.05, 4.69) is 20.6 Å². The van der Waals surface area contributed by atoms with E-state index < -0.39 is 5.97 Å². The molecule has 0 aromatic carbocycles. The van der Waals surface area contributed by atoms with Gasteiger partial charge in [-0.3, -0.25) is 0 Å². The molecule has 120 valence electrons. The molecule has 2 N–H and O–H groups in total. The number of piperidine rings is 1. The second-order valence-electron chi connectivity index (χ2n) is 5.60. The third kappa shape index (κ3) is 4.06. The van der Waals surface area contributed by atoms with Crippen LogP contribution in [0.1, 0.15) is 23.3 Å². The van der Waals surface area contributed by atoms with Crippen LogP contribution in [0.25, 0.3) is 0 Å². The van der Waals surface area contributed by atoms with Crippen molar-refractivity contribution >= 4 is 23.4 Å². The van der Waals surface area contributed by atoms with Crippen molar-refractivity contribution in [3.63, 3.8) is 0 Å². The van der Waals surface area contributed by atoms with Crippen LogP contribution in [0.5, 0.6) is 0 Å². The Hall–Kier alpha value is -1.44. The van der Waals surface area contributed by atoms with Gasteiger partial charge in [-0.25, -0.2) is 14.8 Å². The molecule has 2 aliphatic rings. The molecular weight excluding hydrogens is 308 g/mol. The first-order valence-electron chi connectivity index (χ1n) is 7.47. The number of hydrogen-bond donors (Lipinski definition) is 2. The van der Waals surface area contributed by atoms with E-state index in [0.717, 1.165) is 25.9 Å². The number of esters is 1. The van der Waals surface area contributed by atoms with E-state index in [1.807, 2.05) is 0 Å². The van der Waals surface area contributed by atoms with E-state index in [4.69, 9.17) is 21.1 Å². The topological polar surface area (TPSA) is 85.4 Å². The molecule has 1 unspecified atom stereocenters. The molecule has 3 rings (SSSR count). The molecule has 0 spiro atoms. The zero-order valence-electron chi connectivity index (χ0n) is 12.2. The molecule has 22 heavy (non-hydrogen) atoms. The summed E-state index contributed by atoms with van der Waals surface area (Å²) < 4.78 is 10.4. The van der Waals surface area contributed by atoms with Crippen LogP contribution in [-0.2, 0) is 9.47 Å². The number of hydrogen-bond acceptors (Lipinski definition) is 7. The first-order chi connectivity index (χ1) is 10.7. The van der Waals surface area contributed by atoms with Crippen molar-refractivity contribution in [1.82, 2.24) is 15.3 Å². The van der Waals surface area contributed by atoms with Crippen molar-refractivity contribution in [2.45, 2.75) is 18.9 Å². The van der Waals surface area contributed by atoms with Gasteiger partial charge in [-0.05, 0) is 31.0 Å². The molecule has 2 fully saturated rings. The van der Waals surface area contributed by atoms with Crippen molar-refractivity contribution in [1.29, 1.82) is 0 Å². The Labute approximate surface area is 133 Å². The van der Waals surface area contributed by atoms with Crippen LogP contribution in [0.4, 0.5) is 5.82 Å². The van der Waals surface area contributed by atoms with E-state index in [9.17, 15) is 4.79 Å². The highest BCUT2D eigenvalue weighted by Gasteiger charge is 2.21. The first kappa shape index (κ1) is 15.5. The molecule has 0 amide bonds.